The van der Waals surface area contributed by atoms with E-state index in [9.17, 15) is 9.59 Å². The van der Waals surface area contributed by atoms with Gasteiger partial charge in [-0.2, -0.15) is 0 Å². The maximum absolute atomic E-state index is 11.6. The summed E-state index contributed by atoms with van der Waals surface area (Å²) in [5.41, 5.74) is 5.53. The van der Waals surface area contributed by atoms with Gasteiger partial charge in [0.05, 0.1) is 5.92 Å². The first kappa shape index (κ1) is 12.0. The molecule has 0 aromatic heterocycles. The van der Waals surface area contributed by atoms with Crippen molar-refractivity contribution in [2.24, 2.45) is 11.7 Å². The first-order valence-corrected chi connectivity index (χ1v) is 5.27. The molecule has 0 radical (unpaired) electrons. The van der Waals surface area contributed by atoms with E-state index in [-0.39, 0.29) is 11.9 Å². The van der Waals surface area contributed by atoms with Gasteiger partial charge in [0, 0.05) is 25.6 Å². The van der Waals surface area contributed by atoms with Crippen LogP contribution in [0.1, 0.15) is 26.2 Å². The van der Waals surface area contributed by atoms with Gasteiger partial charge in [-0.1, -0.05) is 0 Å². The summed E-state index contributed by atoms with van der Waals surface area (Å²) in [5.74, 6) is -1.25. The molecule has 1 rings (SSSR count). The van der Waals surface area contributed by atoms with Crippen molar-refractivity contribution in [3.8, 4) is 0 Å². The lowest BCUT2D eigenvalue weighted by molar-refractivity contribution is -0.145. The van der Waals surface area contributed by atoms with E-state index in [1.165, 1.54) is 0 Å². The van der Waals surface area contributed by atoms with Crippen molar-refractivity contribution >= 4 is 11.9 Å². The fraction of sp³-hybridized carbons (Fsp3) is 0.800. The zero-order chi connectivity index (χ0) is 11.4. The van der Waals surface area contributed by atoms with Crippen LogP contribution in [0.2, 0.25) is 0 Å². The summed E-state index contributed by atoms with van der Waals surface area (Å²) < 4.78 is 0. The second-order valence-corrected chi connectivity index (χ2v) is 4.20. The summed E-state index contributed by atoms with van der Waals surface area (Å²) in [6.07, 6.45) is 1.73. The van der Waals surface area contributed by atoms with E-state index in [0.29, 0.717) is 25.9 Å². The fourth-order valence-corrected chi connectivity index (χ4v) is 1.81. The number of nitrogens with zero attached hydrogens (tertiary/aromatic N) is 1. The predicted octanol–water partition coefficient (Wildman–Crippen LogP) is 0.0469. The van der Waals surface area contributed by atoms with Gasteiger partial charge in [-0.05, 0) is 19.8 Å². The summed E-state index contributed by atoms with van der Waals surface area (Å²) >= 11 is 0. The maximum Gasteiger partial charge on any atom is 0.308 e. The normalized spacial score (nSPS) is 23.6. The molecule has 5 nitrogen and oxygen atoms in total. The van der Waals surface area contributed by atoms with E-state index in [1.807, 2.05) is 0 Å². The number of piperidine rings is 1. The van der Waals surface area contributed by atoms with Crippen LogP contribution < -0.4 is 5.73 Å². The highest BCUT2D eigenvalue weighted by Crippen LogP contribution is 2.17. The van der Waals surface area contributed by atoms with Crippen LogP contribution in [-0.2, 0) is 9.59 Å². The highest BCUT2D eigenvalue weighted by atomic mass is 16.4. The molecule has 0 aromatic rings. The van der Waals surface area contributed by atoms with Crippen molar-refractivity contribution in [1.82, 2.24) is 4.90 Å². The lowest BCUT2D eigenvalue weighted by Gasteiger charge is -2.31. The van der Waals surface area contributed by atoms with Gasteiger partial charge in [0.2, 0.25) is 5.91 Å². The van der Waals surface area contributed by atoms with E-state index >= 15 is 0 Å². The average Bonchev–Trinajstić information content (AvgIpc) is 2.17. The van der Waals surface area contributed by atoms with E-state index in [4.69, 9.17) is 10.8 Å². The molecule has 1 fully saturated rings. The Kier molecular flexibility index (Phi) is 4.08. The molecule has 0 bridgehead atoms. The number of likely N-dealkylation sites (tertiary alicyclic amines) is 1. The number of nitrogens with two attached hydrogens (primary N) is 1. The van der Waals surface area contributed by atoms with Crippen LogP contribution >= 0.6 is 0 Å². The molecule has 3 N–H and O–H groups in total. The van der Waals surface area contributed by atoms with Crippen molar-refractivity contribution in [2.45, 2.75) is 32.2 Å². The molecule has 1 saturated heterocycles. The number of carboxylic acid groups (broad SMARTS) is 1. The molecule has 0 spiro atoms. The number of amides is 1. The number of rotatable bonds is 3. The minimum absolute atomic E-state index is 0.0315. The number of carboxylic acids is 1. The maximum atomic E-state index is 11.6. The lowest BCUT2D eigenvalue weighted by atomic mass is 9.98. The van der Waals surface area contributed by atoms with Gasteiger partial charge in [-0.25, -0.2) is 0 Å². The number of carbonyl (C=O) groups excluding carboxylic acids is 1. The van der Waals surface area contributed by atoms with Gasteiger partial charge < -0.3 is 15.7 Å². The third kappa shape index (κ3) is 3.51. The van der Waals surface area contributed by atoms with Crippen molar-refractivity contribution in [2.75, 3.05) is 13.1 Å². The monoisotopic (exact) mass is 214 g/mol. The van der Waals surface area contributed by atoms with Gasteiger partial charge in [0.25, 0.3) is 0 Å². The van der Waals surface area contributed by atoms with E-state index < -0.39 is 11.9 Å². The van der Waals surface area contributed by atoms with Crippen LogP contribution in [0.15, 0.2) is 0 Å². The first-order chi connectivity index (χ1) is 7.00. The Hall–Kier alpha value is -1.10. The Morgan fingerprint density at radius 2 is 2.27 bits per heavy atom. The molecule has 0 aliphatic carbocycles. The van der Waals surface area contributed by atoms with Crippen molar-refractivity contribution in [3.63, 3.8) is 0 Å². The van der Waals surface area contributed by atoms with Gasteiger partial charge in [0.15, 0.2) is 0 Å². The molecule has 1 aliphatic heterocycles. The molecule has 2 atom stereocenters. The van der Waals surface area contributed by atoms with Crippen LogP contribution in [-0.4, -0.2) is 41.0 Å². The summed E-state index contributed by atoms with van der Waals surface area (Å²) in [4.78, 5) is 24.0. The fourth-order valence-electron chi connectivity index (χ4n) is 1.81. The Morgan fingerprint density at radius 3 is 2.80 bits per heavy atom. The van der Waals surface area contributed by atoms with Crippen LogP contribution in [0, 0.1) is 5.92 Å². The number of hydrogen-bond acceptors (Lipinski definition) is 3. The Bertz CT molecular complexity index is 253. The Labute approximate surface area is 89.2 Å². The van der Waals surface area contributed by atoms with Crippen LogP contribution in [0.25, 0.3) is 0 Å². The number of hydrogen-bond donors (Lipinski definition) is 2. The van der Waals surface area contributed by atoms with Gasteiger partial charge in [-0.15, -0.1) is 0 Å². The zero-order valence-electron chi connectivity index (χ0n) is 8.98. The third-order valence-electron chi connectivity index (χ3n) is 2.62. The van der Waals surface area contributed by atoms with Crippen molar-refractivity contribution in [3.05, 3.63) is 0 Å². The quantitative estimate of drug-likeness (QED) is 0.695. The Morgan fingerprint density at radius 1 is 1.60 bits per heavy atom. The minimum atomic E-state index is -0.812. The van der Waals surface area contributed by atoms with Crippen LogP contribution in [0.4, 0.5) is 0 Å². The van der Waals surface area contributed by atoms with Gasteiger partial charge >= 0.3 is 5.97 Å². The summed E-state index contributed by atoms with van der Waals surface area (Å²) in [6.45, 7) is 2.77. The lowest BCUT2D eigenvalue weighted by Crippen LogP contribution is -2.43. The highest BCUT2D eigenvalue weighted by molar-refractivity contribution is 5.78. The second-order valence-electron chi connectivity index (χ2n) is 4.20. The second kappa shape index (κ2) is 5.11. The molecular formula is C10H18N2O3. The highest BCUT2D eigenvalue weighted by Gasteiger charge is 2.28. The summed E-state index contributed by atoms with van der Waals surface area (Å²) in [7, 11) is 0. The SMILES string of the molecule is CC(N)CC(=O)N1CCC[C@@H](C(=O)O)C1. The van der Waals surface area contributed by atoms with Gasteiger partial charge in [0.1, 0.15) is 0 Å². The molecule has 1 amide bonds. The largest absolute Gasteiger partial charge is 0.481 e. The molecular weight excluding hydrogens is 196 g/mol. The zero-order valence-corrected chi connectivity index (χ0v) is 8.98. The van der Waals surface area contributed by atoms with E-state index in [2.05, 4.69) is 0 Å². The molecule has 1 unspecified atom stereocenters. The van der Waals surface area contributed by atoms with Crippen molar-refractivity contribution < 1.29 is 14.7 Å². The molecule has 86 valence electrons. The van der Waals surface area contributed by atoms with E-state index in [1.54, 1.807) is 11.8 Å². The van der Waals surface area contributed by atoms with Gasteiger partial charge in [-0.3, -0.25) is 9.59 Å². The standard InChI is InChI=1S/C10H18N2O3/c1-7(11)5-9(13)12-4-2-3-8(6-12)10(14)15/h7-8H,2-6,11H2,1H3,(H,14,15)/t7?,8-/m1/s1. The average molecular weight is 214 g/mol. The molecule has 0 aromatic carbocycles. The third-order valence-corrected chi connectivity index (χ3v) is 2.62. The molecule has 1 heterocycles. The van der Waals surface area contributed by atoms with Crippen LogP contribution in [0.5, 0.6) is 0 Å². The molecule has 0 saturated carbocycles. The molecule has 5 heteroatoms. The topological polar surface area (TPSA) is 83.6 Å². The van der Waals surface area contributed by atoms with E-state index in [0.717, 1.165) is 6.42 Å². The van der Waals surface area contributed by atoms with Crippen LogP contribution in [0.3, 0.4) is 0 Å². The number of carbonyl (C=O) groups is 2. The number of aliphatic carboxylic acids is 1. The smallest absolute Gasteiger partial charge is 0.308 e. The molecule has 1 aliphatic rings. The first-order valence-electron chi connectivity index (χ1n) is 5.27. The van der Waals surface area contributed by atoms with Crippen molar-refractivity contribution in [1.29, 1.82) is 0 Å². The summed E-state index contributed by atoms with van der Waals surface area (Å²) in [6, 6.07) is -0.164. The summed E-state index contributed by atoms with van der Waals surface area (Å²) in [5, 5.41) is 8.86. The Balaban J connectivity index is 2.48. The minimum Gasteiger partial charge on any atom is -0.481 e. The predicted molar refractivity (Wildman–Crippen MR) is 55.2 cm³/mol. The molecule has 15 heavy (non-hydrogen) atoms.